The average Bonchev–Trinajstić information content (AvgIpc) is 2.95. The Morgan fingerprint density at radius 3 is 2.65 bits per heavy atom. The minimum Gasteiger partial charge on any atom is -0.344 e. The Kier molecular flexibility index (Phi) is 4.40. The standard InChI is InChI=1S/C13H25N3O/c1-11-9-14-10-12(11)13(17)15(2)7-8-16-5-3-4-6-16/h11-12,14H,3-10H2,1-2H3/t11-,12-/m1/s1. The number of carbonyl (C=O) groups excluding carboxylic acids is 1. The summed E-state index contributed by atoms with van der Waals surface area (Å²) in [6.07, 6.45) is 2.64. The van der Waals surface area contributed by atoms with E-state index in [9.17, 15) is 4.79 Å². The molecule has 0 aliphatic carbocycles. The minimum atomic E-state index is 0.193. The van der Waals surface area contributed by atoms with Crippen molar-refractivity contribution in [2.45, 2.75) is 19.8 Å². The maximum atomic E-state index is 12.2. The van der Waals surface area contributed by atoms with Gasteiger partial charge in [-0.2, -0.15) is 0 Å². The van der Waals surface area contributed by atoms with Crippen molar-refractivity contribution in [2.75, 3.05) is 46.3 Å². The first-order valence-electron chi connectivity index (χ1n) is 6.86. The molecule has 4 heteroatoms. The minimum absolute atomic E-state index is 0.193. The molecule has 2 aliphatic heterocycles. The molecule has 2 aliphatic rings. The van der Waals surface area contributed by atoms with Gasteiger partial charge in [-0.05, 0) is 38.4 Å². The maximum Gasteiger partial charge on any atom is 0.227 e. The molecule has 0 saturated carbocycles. The van der Waals surface area contributed by atoms with Crippen molar-refractivity contribution in [1.29, 1.82) is 0 Å². The fraction of sp³-hybridized carbons (Fsp3) is 0.923. The van der Waals surface area contributed by atoms with E-state index in [-0.39, 0.29) is 5.92 Å². The molecular weight excluding hydrogens is 214 g/mol. The van der Waals surface area contributed by atoms with Crippen molar-refractivity contribution in [3.05, 3.63) is 0 Å². The van der Waals surface area contributed by atoms with Gasteiger partial charge in [-0.15, -0.1) is 0 Å². The lowest BCUT2D eigenvalue weighted by atomic mass is 9.97. The van der Waals surface area contributed by atoms with Crippen LogP contribution in [0.1, 0.15) is 19.8 Å². The van der Waals surface area contributed by atoms with Crippen LogP contribution in [0.25, 0.3) is 0 Å². The number of amides is 1. The highest BCUT2D eigenvalue weighted by atomic mass is 16.2. The fourth-order valence-electron chi connectivity index (χ4n) is 2.83. The van der Waals surface area contributed by atoms with Crippen molar-refractivity contribution in [3.8, 4) is 0 Å². The first kappa shape index (κ1) is 12.8. The molecule has 0 aromatic heterocycles. The second kappa shape index (κ2) is 5.83. The van der Waals surface area contributed by atoms with Gasteiger partial charge in [-0.3, -0.25) is 4.79 Å². The molecule has 98 valence electrons. The van der Waals surface area contributed by atoms with E-state index in [1.165, 1.54) is 25.9 Å². The van der Waals surface area contributed by atoms with Gasteiger partial charge in [0.1, 0.15) is 0 Å². The Morgan fingerprint density at radius 1 is 1.35 bits per heavy atom. The summed E-state index contributed by atoms with van der Waals surface area (Å²) in [4.78, 5) is 16.6. The van der Waals surface area contributed by atoms with Gasteiger partial charge in [0.05, 0.1) is 5.92 Å². The lowest BCUT2D eigenvalue weighted by Gasteiger charge is -2.25. The predicted molar refractivity (Wildman–Crippen MR) is 68.8 cm³/mol. The first-order chi connectivity index (χ1) is 8.18. The summed E-state index contributed by atoms with van der Waals surface area (Å²) >= 11 is 0. The van der Waals surface area contributed by atoms with Crippen LogP contribution in [0.4, 0.5) is 0 Å². The van der Waals surface area contributed by atoms with Crippen LogP contribution >= 0.6 is 0 Å². The van der Waals surface area contributed by atoms with Crippen LogP contribution < -0.4 is 5.32 Å². The Labute approximate surface area is 104 Å². The molecule has 0 spiro atoms. The molecule has 2 rings (SSSR count). The third-order valence-corrected chi connectivity index (χ3v) is 4.16. The number of rotatable bonds is 4. The largest absolute Gasteiger partial charge is 0.344 e. The van der Waals surface area contributed by atoms with E-state index in [0.717, 1.165) is 26.2 Å². The smallest absolute Gasteiger partial charge is 0.227 e. The van der Waals surface area contributed by atoms with Crippen LogP contribution in [0.5, 0.6) is 0 Å². The zero-order valence-electron chi connectivity index (χ0n) is 11.1. The normalized spacial score (nSPS) is 29.8. The van der Waals surface area contributed by atoms with E-state index in [2.05, 4.69) is 17.1 Å². The number of hydrogen-bond donors (Lipinski definition) is 1. The van der Waals surface area contributed by atoms with E-state index < -0.39 is 0 Å². The van der Waals surface area contributed by atoms with Gasteiger partial charge in [0.15, 0.2) is 0 Å². The summed E-state index contributed by atoms with van der Waals surface area (Å²) in [6, 6.07) is 0. The molecule has 2 saturated heterocycles. The van der Waals surface area contributed by atoms with Crippen molar-refractivity contribution < 1.29 is 4.79 Å². The Bertz CT molecular complexity index is 263. The van der Waals surface area contributed by atoms with Crippen LogP contribution in [-0.2, 0) is 4.79 Å². The first-order valence-corrected chi connectivity index (χ1v) is 6.86. The van der Waals surface area contributed by atoms with Gasteiger partial charge in [-0.25, -0.2) is 0 Å². The summed E-state index contributed by atoms with van der Waals surface area (Å²) in [5.74, 6) is 0.997. The Morgan fingerprint density at radius 2 is 2.06 bits per heavy atom. The van der Waals surface area contributed by atoms with Gasteiger partial charge in [-0.1, -0.05) is 6.92 Å². The SMILES string of the molecule is C[C@@H]1CNC[C@H]1C(=O)N(C)CCN1CCCC1. The molecule has 2 heterocycles. The molecule has 1 amide bonds. The van der Waals surface area contributed by atoms with Gasteiger partial charge in [0.2, 0.25) is 5.91 Å². The Balaban J connectivity index is 1.74. The lowest BCUT2D eigenvalue weighted by Crippen LogP contribution is -2.40. The van der Waals surface area contributed by atoms with Gasteiger partial charge in [0, 0.05) is 26.7 Å². The molecular formula is C13H25N3O. The molecule has 0 radical (unpaired) electrons. The summed E-state index contributed by atoms with van der Waals surface area (Å²) in [6.45, 7) is 8.34. The van der Waals surface area contributed by atoms with E-state index in [1.807, 2.05) is 11.9 Å². The summed E-state index contributed by atoms with van der Waals surface area (Å²) in [5, 5.41) is 3.30. The molecule has 0 aromatic rings. The number of likely N-dealkylation sites (N-methyl/N-ethyl adjacent to an activating group) is 1. The maximum absolute atomic E-state index is 12.2. The van der Waals surface area contributed by atoms with Crippen LogP contribution in [0.2, 0.25) is 0 Å². The number of hydrogen-bond acceptors (Lipinski definition) is 3. The third kappa shape index (κ3) is 3.19. The molecule has 0 aromatic carbocycles. The second-order valence-corrected chi connectivity index (χ2v) is 5.55. The Hall–Kier alpha value is -0.610. The summed E-state index contributed by atoms with van der Waals surface area (Å²) in [5.41, 5.74) is 0. The highest BCUT2D eigenvalue weighted by Crippen LogP contribution is 2.18. The highest BCUT2D eigenvalue weighted by molar-refractivity contribution is 5.79. The van der Waals surface area contributed by atoms with Crippen molar-refractivity contribution in [1.82, 2.24) is 15.1 Å². The lowest BCUT2D eigenvalue weighted by molar-refractivity contribution is -0.134. The summed E-state index contributed by atoms with van der Waals surface area (Å²) < 4.78 is 0. The average molecular weight is 239 g/mol. The molecule has 0 bridgehead atoms. The quantitative estimate of drug-likeness (QED) is 0.771. The molecule has 1 N–H and O–H groups in total. The summed E-state index contributed by atoms with van der Waals surface area (Å²) in [7, 11) is 1.95. The second-order valence-electron chi connectivity index (χ2n) is 5.55. The number of nitrogens with zero attached hydrogens (tertiary/aromatic N) is 2. The van der Waals surface area contributed by atoms with Crippen molar-refractivity contribution in [2.24, 2.45) is 11.8 Å². The number of likely N-dealkylation sites (tertiary alicyclic amines) is 1. The number of nitrogens with one attached hydrogen (secondary N) is 1. The van der Waals surface area contributed by atoms with Crippen LogP contribution in [0.15, 0.2) is 0 Å². The van der Waals surface area contributed by atoms with Crippen molar-refractivity contribution in [3.63, 3.8) is 0 Å². The zero-order chi connectivity index (χ0) is 12.3. The van der Waals surface area contributed by atoms with E-state index >= 15 is 0 Å². The zero-order valence-corrected chi connectivity index (χ0v) is 11.1. The molecule has 4 nitrogen and oxygen atoms in total. The third-order valence-electron chi connectivity index (χ3n) is 4.16. The molecule has 17 heavy (non-hydrogen) atoms. The van der Waals surface area contributed by atoms with E-state index in [0.29, 0.717) is 11.8 Å². The van der Waals surface area contributed by atoms with Crippen molar-refractivity contribution >= 4 is 5.91 Å². The predicted octanol–water partition coefficient (Wildman–Crippen LogP) is 0.396. The van der Waals surface area contributed by atoms with Gasteiger partial charge in [0.25, 0.3) is 0 Å². The number of carbonyl (C=O) groups is 1. The topological polar surface area (TPSA) is 35.6 Å². The highest BCUT2D eigenvalue weighted by Gasteiger charge is 2.31. The van der Waals surface area contributed by atoms with E-state index in [1.54, 1.807) is 0 Å². The molecule has 0 unspecified atom stereocenters. The monoisotopic (exact) mass is 239 g/mol. The molecule has 2 atom stereocenters. The molecule has 2 fully saturated rings. The van der Waals surface area contributed by atoms with Gasteiger partial charge >= 0.3 is 0 Å². The van der Waals surface area contributed by atoms with Crippen LogP contribution in [-0.4, -0.2) is 62.0 Å². The van der Waals surface area contributed by atoms with Crippen LogP contribution in [0, 0.1) is 11.8 Å². The fourth-order valence-corrected chi connectivity index (χ4v) is 2.83. The van der Waals surface area contributed by atoms with E-state index in [4.69, 9.17) is 0 Å². The van der Waals surface area contributed by atoms with Crippen LogP contribution in [0.3, 0.4) is 0 Å². The van der Waals surface area contributed by atoms with Gasteiger partial charge < -0.3 is 15.1 Å².